The van der Waals surface area contributed by atoms with Crippen LogP contribution in [0.3, 0.4) is 0 Å². The van der Waals surface area contributed by atoms with Gasteiger partial charge in [-0.2, -0.15) is 11.8 Å². The third-order valence-electron chi connectivity index (χ3n) is 2.88. The summed E-state index contributed by atoms with van der Waals surface area (Å²) < 4.78 is 0. The van der Waals surface area contributed by atoms with Gasteiger partial charge in [-0.25, -0.2) is 0 Å². The Labute approximate surface area is 89.4 Å². The van der Waals surface area contributed by atoms with Gasteiger partial charge in [0, 0.05) is 17.8 Å². The molecule has 2 N–H and O–H groups in total. The Balaban J connectivity index is 2.02. The van der Waals surface area contributed by atoms with Crippen molar-refractivity contribution < 1.29 is 4.79 Å². The average Bonchev–Trinajstić information content (AvgIpc) is 2.81. The molecule has 1 saturated carbocycles. The van der Waals surface area contributed by atoms with Crippen molar-refractivity contribution in [1.29, 1.82) is 0 Å². The number of nitrogens with zero attached hydrogens (tertiary/aromatic N) is 1. The molecule has 0 aromatic heterocycles. The first-order valence-corrected chi connectivity index (χ1v) is 6.51. The number of hydrogen-bond acceptors (Lipinski definition) is 3. The van der Waals surface area contributed by atoms with E-state index in [0.29, 0.717) is 12.1 Å². The van der Waals surface area contributed by atoms with E-state index in [9.17, 15) is 4.79 Å². The Morgan fingerprint density at radius 2 is 2.14 bits per heavy atom. The fourth-order valence-electron chi connectivity index (χ4n) is 1.99. The minimum absolute atomic E-state index is 0.153. The van der Waals surface area contributed by atoms with Gasteiger partial charge in [0.15, 0.2) is 0 Å². The minimum atomic E-state index is -0.332. The first-order chi connectivity index (χ1) is 6.70. The highest BCUT2D eigenvalue weighted by molar-refractivity contribution is 7.99. The second-order valence-corrected chi connectivity index (χ2v) is 5.43. The molecular weight excluding hydrogens is 196 g/mol. The molecule has 1 heterocycles. The van der Waals surface area contributed by atoms with Crippen LogP contribution in [0.1, 0.15) is 26.2 Å². The van der Waals surface area contributed by atoms with Crippen LogP contribution in [0.15, 0.2) is 0 Å². The van der Waals surface area contributed by atoms with Crippen LogP contribution in [0.5, 0.6) is 0 Å². The minimum Gasteiger partial charge on any atom is -0.335 e. The molecule has 1 saturated heterocycles. The predicted octanol–water partition coefficient (Wildman–Crippen LogP) is 0.830. The molecule has 14 heavy (non-hydrogen) atoms. The third kappa shape index (κ3) is 2.06. The van der Waals surface area contributed by atoms with Gasteiger partial charge in [-0.3, -0.25) is 4.79 Å². The van der Waals surface area contributed by atoms with Crippen LogP contribution in [-0.4, -0.2) is 40.4 Å². The molecule has 2 rings (SSSR count). The quantitative estimate of drug-likeness (QED) is 0.757. The van der Waals surface area contributed by atoms with E-state index < -0.39 is 0 Å². The number of carbonyl (C=O) groups is 1. The molecule has 0 aromatic rings. The SMILES string of the molecule is CC(N)C(=O)N(C1CC1)C1CCSC1. The van der Waals surface area contributed by atoms with Gasteiger partial charge < -0.3 is 10.6 Å². The van der Waals surface area contributed by atoms with Crippen molar-refractivity contribution in [3.63, 3.8) is 0 Å². The molecule has 2 aliphatic rings. The lowest BCUT2D eigenvalue weighted by molar-refractivity contribution is -0.134. The largest absolute Gasteiger partial charge is 0.335 e. The summed E-state index contributed by atoms with van der Waals surface area (Å²) in [5.41, 5.74) is 5.67. The van der Waals surface area contributed by atoms with E-state index in [1.165, 1.54) is 18.6 Å². The van der Waals surface area contributed by atoms with E-state index in [0.717, 1.165) is 12.2 Å². The van der Waals surface area contributed by atoms with Gasteiger partial charge in [0.05, 0.1) is 6.04 Å². The molecule has 2 fully saturated rings. The third-order valence-corrected chi connectivity index (χ3v) is 4.03. The number of rotatable bonds is 3. The van der Waals surface area contributed by atoms with Gasteiger partial charge in [0.25, 0.3) is 0 Å². The molecule has 1 aliphatic carbocycles. The van der Waals surface area contributed by atoms with Gasteiger partial charge in [-0.1, -0.05) is 0 Å². The molecule has 1 amide bonds. The summed E-state index contributed by atoms with van der Waals surface area (Å²) in [5, 5.41) is 0. The Kier molecular flexibility index (Phi) is 3.02. The highest BCUT2D eigenvalue weighted by atomic mass is 32.2. The number of carbonyl (C=O) groups excluding carboxylic acids is 1. The maximum Gasteiger partial charge on any atom is 0.239 e. The standard InChI is InChI=1S/C10H18N2OS/c1-7(11)10(13)12(8-2-3-8)9-4-5-14-6-9/h7-9H,2-6,11H2,1H3. The zero-order valence-corrected chi connectivity index (χ0v) is 9.43. The fourth-order valence-corrected chi connectivity index (χ4v) is 3.19. The van der Waals surface area contributed by atoms with Crippen molar-refractivity contribution in [3.8, 4) is 0 Å². The monoisotopic (exact) mass is 214 g/mol. The molecule has 0 aromatic carbocycles. The van der Waals surface area contributed by atoms with Crippen LogP contribution in [0.2, 0.25) is 0 Å². The predicted molar refractivity (Wildman–Crippen MR) is 59.2 cm³/mol. The van der Waals surface area contributed by atoms with Gasteiger partial charge in [-0.15, -0.1) is 0 Å². The molecule has 0 bridgehead atoms. The Bertz CT molecular complexity index is 222. The number of amides is 1. The summed E-state index contributed by atoms with van der Waals surface area (Å²) >= 11 is 1.95. The topological polar surface area (TPSA) is 46.3 Å². The van der Waals surface area contributed by atoms with E-state index >= 15 is 0 Å². The smallest absolute Gasteiger partial charge is 0.239 e. The number of hydrogen-bond donors (Lipinski definition) is 1. The van der Waals surface area contributed by atoms with Gasteiger partial charge >= 0.3 is 0 Å². The zero-order valence-electron chi connectivity index (χ0n) is 8.61. The normalized spacial score (nSPS) is 28.9. The van der Waals surface area contributed by atoms with Crippen molar-refractivity contribution in [1.82, 2.24) is 4.90 Å². The summed E-state index contributed by atoms with van der Waals surface area (Å²) in [6.07, 6.45) is 3.51. The van der Waals surface area contributed by atoms with Crippen LogP contribution < -0.4 is 5.73 Å². The highest BCUT2D eigenvalue weighted by Gasteiger charge is 2.39. The van der Waals surface area contributed by atoms with E-state index in [4.69, 9.17) is 5.73 Å². The maximum absolute atomic E-state index is 11.9. The van der Waals surface area contributed by atoms with E-state index in [1.807, 2.05) is 11.8 Å². The second-order valence-electron chi connectivity index (χ2n) is 4.28. The molecule has 3 nitrogen and oxygen atoms in total. The van der Waals surface area contributed by atoms with Crippen molar-refractivity contribution in [3.05, 3.63) is 0 Å². The molecular formula is C10H18N2OS. The first kappa shape index (κ1) is 10.3. The molecule has 1 aliphatic heterocycles. The molecule has 80 valence electrons. The van der Waals surface area contributed by atoms with Crippen LogP contribution in [0, 0.1) is 0 Å². The van der Waals surface area contributed by atoms with Crippen LogP contribution in [-0.2, 0) is 4.79 Å². The second kappa shape index (κ2) is 4.11. The zero-order chi connectivity index (χ0) is 10.1. The van der Waals surface area contributed by atoms with Crippen molar-refractivity contribution in [2.24, 2.45) is 5.73 Å². The van der Waals surface area contributed by atoms with E-state index in [2.05, 4.69) is 4.90 Å². The Morgan fingerprint density at radius 3 is 2.57 bits per heavy atom. The maximum atomic E-state index is 11.9. The van der Waals surface area contributed by atoms with Gasteiger partial charge in [0.1, 0.15) is 0 Å². The summed E-state index contributed by atoms with van der Waals surface area (Å²) in [4.78, 5) is 14.0. The lowest BCUT2D eigenvalue weighted by Gasteiger charge is -2.30. The average molecular weight is 214 g/mol. The van der Waals surface area contributed by atoms with Gasteiger partial charge in [-0.05, 0) is 31.9 Å². The highest BCUT2D eigenvalue weighted by Crippen LogP contribution is 2.33. The summed E-state index contributed by atoms with van der Waals surface area (Å²) in [5.74, 6) is 2.45. The lowest BCUT2D eigenvalue weighted by atomic mass is 10.2. The van der Waals surface area contributed by atoms with E-state index in [-0.39, 0.29) is 11.9 Å². The molecule has 4 heteroatoms. The molecule has 2 unspecified atom stereocenters. The van der Waals surface area contributed by atoms with Crippen molar-refractivity contribution >= 4 is 17.7 Å². The van der Waals surface area contributed by atoms with E-state index in [1.54, 1.807) is 6.92 Å². The van der Waals surface area contributed by atoms with Crippen LogP contribution in [0.4, 0.5) is 0 Å². The Hall–Kier alpha value is -0.220. The van der Waals surface area contributed by atoms with Gasteiger partial charge in [0.2, 0.25) is 5.91 Å². The lowest BCUT2D eigenvalue weighted by Crippen LogP contribution is -2.48. The van der Waals surface area contributed by atoms with Crippen molar-refractivity contribution in [2.75, 3.05) is 11.5 Å². The first-order valence-electron chi connectivity index (χ1n) is 5.35. The molecule has 0 spiro atoms. The molecule has 2 atom stereocenters. The summed E-state index contributed by atoms with van der Waals surface area (Å²) in [7, 11) is 0. The molecule has 0 radical (unpaired) electrons. The van der Waals surface area contributed by atoms with Crippen LogP contribution >= 0.6 is 11.8 Å². The number of nitrogens with two attached hydrogens (primary N) is 1. The van der Waals surface area contributed by atoms with Crippen molar-refractivity contribution in [2.45, 2.75) is 44.3 Å². The van der Waals surface area contributed by atoms with Crippen LogP contribution in [0.25, 0.3) is 0 Å². The number of thioether (sulfide) groups is 1. The fraction of sp³-hybridized carbons (Fsp3) is 0.900. The Morgan fingerprint density at radius 1 is 1.43 bits per heavy atom. The summed E-state index contributed by atoms with van der Waals surface area (Å²) in [6, 6.07) is 0.643. The summed E-state index contributed by atoms with van der Waals surface area (Å²) in [6.45, 7) is 1.79.